The maximum absolute atomic E-state index is 13.4. The van der Waals surface area contributed by atoms with Crippen LogP contribution in [0.5, 0.6) is 0 Å². The van der Waals surface area contributed by atoms with Crippen molar-refractivity contribution in [3.8, 4) is 23.0 Å². The van der Waals surface area contributed by atoms with Gasteiger partial charge in [0.2, 0.25) is 5.82 Å². The molecule has 0 spiro atoms. The molecule has 0 unspecified atom stereocenters. The predicted octanol–water partition coefficient (Wildman–Crippen LogP) is 3.22. The summed E-state index contributed by atoms with van der Waals surface area (Å²) in [5.41, 5.74) is 6.61. The summed E-state index contributed by atoms with van der Waals surface area (Å²) < 4.78 is 19.1. The van der Waals surface area contributed by atoms with Gasteiger partial charge in [-0.15, -0.1) is 11.3 Å². The summed E-state index contributed by atoms with van der Waals surface area (Å²) in [4.78, 5) is 8.47. The van der Waals surface area contributed by atoms with Crippen LogP contribution in [0.2, 0.25) is 0 Å². The van der Waals surface area contributed by atoms with E-state index in [2.05, 4.69) is 31.1 Å². The highest BCUT2D eigenvalue weighted by molar-refractivity contribution is 9.10. The van der Waals surface area contributed by atoms with Gasteiger partial charge in [-0.1, -0.05) is 21.1 Å². The van der Waals surface area contributed by atoms with E-state index in [9.17, 15) is 4.39 Å². The molecule has 2 N–H and O–H groups in total. The molecule has 102 valence electrons. The van der Waals surface area contributed by atoms with Crippen LogP contribution in [0.4, 0.5) is 4.39 Å². The maximum Gasteiger partial charge on any atom is 0.277 e. The lowest BCUT2D eigenvalue weighted by Gasteiger charge is -1.96. The number of rotatable bonds is 3. The second kappa shape index (κ2) is 5.39. The molecular weight excluding hydrogens is 347 g/mol. The number of aromatic nitrogens is 3. The van der Waals surface area contributed by atoms with E-state index in [0.717, 1.165) is 5.01 Å². The fourth-order valence-electron chi connectivity index (χ4n) is 1.63. The van der Waals surface area contributed by atoms with Crippen LogP contribution in [0.3, 0.4) is 0 Å². The minimum atomic E-state index is -0.375. The molecular formula is C12H8BrFN4OS. The fraction of sp³-hybridized carbons (Fsp3) is 0.0833. The molecule has 8 heteroatoms. The SMILES string of the molecule is NCc1nc(-c2nc(-c3cc(F)cc(Br)c3)no2)cs1. The second-order valence-corrected chi connectivity index (χ2v) is 5.77. The molecule has 20 heavy (non-hydrogen) atoms. The zero-order valence-corrected chi connectivity index (χ0v) is 12.4. The van der Waals surface area contributed by atoms with E-state index in [4.69, 9.17) is 10.3 Å². The van der Waals surface area contributed by atoms with Gasteiger partial charge in [-0.05, 0) is 18.2 Å². The van der Waals surface area contributed by atoms with Crippen LogP contribution in [0.1, 0.15) is 5.01 Å². The van der Waals surface area contributed by atoms with Gasteiger partial charge in [-0.25, -0.2) is 9.37 Å². The normalized spacial score (nSPS) is 10.9. The van der Waals surface area contributed by atoms with Gasteiger partial charge in [0.25, 0.3) is 5.89 Å². The summed E-state index contributed by atoms with van der Waals surface area (Å²) in [5, 5.41) is 6.42. The lowest BCUT2D eigenvalue weighted by atomic mass is 10.2. The molecule has 0 saturated heterocycles. The molecule has 2 aromatic heterocycles. The molecule has 0 fully saturated rings. The van der Waals surface area contributed by atoms with Gasteiger partial charge in [-0.2, -0.15) is 4.98 Å². The van der Waals surface area contributed by atoms with Crippen LogP contribution in [-0.4, -0.2) is 15.1 Å². The molecule has 3 rings (SSSR count). The molecule has 0 aliphatic heterocycles. The Morgan fingerprint density at radius 1 is 1.30 bits per heavy atom. The molecule has 0 amide bonds. The zero-order chi connectivity index (χ0) is 14.1. The van der Waals surface area contributed by atoms with E-state index in [1.54, 1.807) is 11.4 Å². The number of hydrogen-bond donors (Lipinski definition) is 1. The third-order valence-electron chi connectivity index (χ3n) is 2.49. The first kappa shape index (κ1) is 13.3. The van der Waals surface area contributed by atoms with Gasteiger partial charge in [0, 0.05) is 22.0 Å². The first-order valence-electron chi connectivity index (χ1n) is 5.61. The van der Waals surface area contributed by atoms with Gasteiger partial charge in [0.15, 0.2) is 0 Å². The standard InChI is InChI=1S/C12H8BrFN4OS/c13-7-1-6(2-8(14)3-7)11-17-12(19-18-11)9-5-20-10(4-15)16-9/h1-3,5H,4,15H2. The number of nitrogens with two attached hydrogens (primary N) is 1. The Morgan fingerprint density at radius 3 is 2.85 bits per heavy atom. The highest BCUT2D eigenvalue weighted by Gasteiger charge is 2.14. The highest BCUT2D eigenvalue weighted by Crippen LogP contribution is 2.26. The second-order valence-electron chi connectivity index (χ2n) is 3.91. The lowest BCUT2D eigenvalue weighted by molar-refractivity contribution is 0.431. The van der Waals surface area contributed by atoms with Gasteiger partial charge >= 0.3 is 0 Å². The average Bonchev–Trinajstić information content (AvgIpc) is 3.06. The molecule has 0 atom stereocenters. The quantitative estimate of drug-likeness (QED) is 0.781. The van der Waals surface area contributed by atoms with Gasteiger partial charge in [-0.3, -0.25) is 0 Å². The maximum atomic E-state index is 13.4. The summed E-state index contributed by atoms with van der Waals surface area (Å²) in [6.07, 6.45) is 0. The Hall–Kier alpha value is -1.64. The number of thiazole rings is 1. The van der Waals surface area contributed by atoms with E-state index >= 15 is 0 Å². The van der Waals surface area contributed by atoms with Crippen molar-refractivity contribution < 1.29 is 8.91 Å². The van der Waals surface area contributed by atoms with Crippen LogP contribution in [-0.2, 0) is 6.54 Å². The summed E-state index contributed by atoms with van der Waals surface area (Å²) in [5.74, 6) is 0.221. The fourth-order valence-corrected chi connectivity index (χ4v) is 2.74. The number of hydrogen-bond acceptors (Lipinski definition) is 6. The van der Waals surface area contributed by atoms with E-state index < -0.39 is 0 Å². The largest absolute Gasteiger partial charge is 0.332 e. The Bertz CT molecular complexity index is 737. The van der Waals surface area contributed by atoms with Crippen molar-refractivity contribution in [3.05, 3.63) is 38.9 Å². The van der Waals surface area contributed by atoms with E-state index in [-0.39, 0.29) is 11.7 Å². The molecule has 0 bridgehead atoms. The monoisotopic (exact) mass is 354 g/mol. The molecule has 1 aromatic carbocycles. The minimum absolute atomic E-state index is 0.288. The van der Waals surface area contributed by atoms with Crippen LogP contribution in [0, 0.1) is 5.82 Å². The Labute approximate surface area is 125 Å². The van der Waals surface area contributed by atoms with Crippen molar-refractivity contribution in [1.29, 1.82) is 0 Å². The Kier molecular flexibility index (Phi) is 3.60. The minimum Gasteiger partial charge on any atom is -0.332 e. The van der Waals surface area contributed by atoms with Gasteiger partial charge < -0.3 is 10.3 Å². The van der Waals surface area contributed by atoms with E-state index in [1.165, 1.54) is 23.5 Å². The third-order valence-corrected chi connectivity index (χ3v) is 3.82. The van der Waals surface area contributed by atoms with Crippen LogP contribution < -0.4 is 5.73 Å². The summed E-state index contributed by atoms with van der Waals surface area (Å²) in [6.45, 7) is 0.364. The molecule has 5 nitrogen and oxygen atoms in total. The van der Waals surface area contributed by atoms with Crippen molar-refractivity contribution >= 4 is 27.3 Å². The Morgan fingerprint density at radius 2 is 2.15 bits per heavy atom. The van der Waals surface area contributed by atoms with Crippen LogP contribution in [0.25, 0.3) is 23.0 Å². The van der Waals surface area contributed by atoms with E-state index in [0.29, 0.717) is 28.1 Å². The van der Waals surface area contributed by atoms with E-state index in [1.807, 2.05) is 0 Å². The topological polar surface area (TPSA) is 77.8 Å². The summed E-state index contributed by atoms with van der Waals surface area (Å²) in [7, 11) is 0. The van der Waals surface area contributed by atoms with Gasteiger partial charge in [0.05, 0.1) is 0 Å². The van der Waals surface area contributed by atoms with Crippen molar-refractivity contribution in [2.75, 3.05) is 0 Å². The molecule has 0 saturated carbocycles. The van der Waals surface area contributed by atoms with Crippen LogP contribution >= 0.6 is 27.3 Å². The molecule has 2 heterocycles. The smallest absolute Gasteiger partial charge is 0.277 e. The van der Waals surface area contributed by atoms with Crippen molar-refractivity contribution in [2.24, 2.45) is 5.73 Å². The number of nitrogens with zero attached hydrogens (tertiary/aromatic N) is 3. The predicted molar refractivity (Wildman–Crippen MR) is 76.4 cm³/mol. The number of halogens is 2. The zero-order valence-electron chi connectivity index (χ0n) is 10.0. The van der Waals surface area contributed by atoms with Crippen molar-refractivity contribution in [3.63, 3.8) is 0 Å². The first-order valence-corrected chi connectivity index (χ1v) is 7.28. The van der Waals surface area contributed by atoms with Crippen LogP contribution in [0.15, 0.2) is 32.6 Å². The lowest BCUT2D eigenvalue weighted by Crippen LogP contribution is -1.94. The molecule has 0 radical (unpaired) electrons. The molecule has 0 aliphatic rings. The average molecular weight is 355 g/mol. The first-order chi connectivity index (χ1) is 9.65. The molecule has 0 aliphatic carbocycles. The highest BCUT2D eigenvalue weighted by atomic mass is 79.9. The summed E-state index contributed by atoms with van der Waals surface area (Å²) >= 11 is 4.65. The van der Waals surface area contributed by atoms with Gasteiger partial charge in [0.1, 0.15) is 16.5 Å². The Balaban J connectivity index is 1.97. The van der Waals surface area contributed by atoms with Crippen molar-refractivity contribution in [2.45, 2.75) is 6.54 Å². The summed E-state index contributed by atoms with van der Waals surface area (Å²) in [6, 6.07) is 4.41. The molecule has 3 aromatic rings. The van der Waals surface area contributed by atoms with Crippen molar-refractivity contribution in [1.82, 2.24) is 15.1 Å². The third kappa shape index (κ3) is 2.62. The number of benzene rings is 1.